The van der Waals surface area contributed by atoms with Gasteiger partial charge < -0.3 is 14.6 Å². The van der Waals surface area contributed by atoms with Crippen LogP contribution in [0.2, 0.25) is 0 Å². The van der Waals surface area contributed by atoms with Crippen molar-refractivity contribution < 1.29 is 19.1 Å². The Kier molecular flexibility index (Phi) is 4.73. The third-order valence-electron chi connectivity index (χ3n) is 3.07. The first-order chi connectivity index (χ1) is 10.5. The molecule has 0 saturated carbocycles. The van der Waals surface area contributed by atoms with Gasteiger partial charge in [0.25, 0.3) is 5.91 Å². The van der Waals surface area contributed by atoms with Crippen molar-refractivity contribution in [3.63, 3.8) is 0 Å². The fraction of sp³-hybridized carbons (Fsp3) is 0.188. The average Bonchev–Trinajstić information content (AvgIpc) is 2.91. The Balaban J connectivity index is 1.95. The number of hydrogen-bond acceptors (Lipinski definition) is 4. The monoisotopic (exact) mass is 300 g/mol. The van der Waals surface area contributed by atoms with E-state index in [1.165, 1.54) is 6.92 Å². The zero-order valence-electron chi connectivity index (χ0n) is 12.3. The molecular formula is C16H16N2O4. The molecule has 0 bridgehead atoms. The fourth-order valence-corrected chi connectivity index (χ4v) is 1.96. The minimum atomic E-state index is -0.581. The second kappa shape index (κ2) is 6.71. The van der Waals surface area contributed by atoms with E-state index in [0.29, 0.717) is 16.9 Å². The molecule has 2 rings (SSSR count). The van der Waals surface area contributed by atoms with Crippen LogP contribution in [-0.4, -0.2) is 28.8 Å². The van der Waals surface area contributed by atoms with Crippen LogP contribution in [0.25, 0.3) is 0 Å². The molecular weight excluding hydrogens is 284 g/mol. The number of esters is 1. The van der Waals surface area contributed by atoms with E-state index < -0.39 is 18.5 Å². The van der Waals surface area contributed by atoms with Crippen LogP contribution in [0.1, 0.15) is 27.8 Å². The van der Waals surface area contributed by atoms with Gasteiger partial charge in [-0.2, -0.15) is 0 Å². The summed E-state index contributed by atoms with van der Waals surface area (Å²) in [5, 5.41) is 2.56. The molecule has 0 radical (unpaired) electrons. The molecule has 0 fully saturated rings. The van der Waals surface area contributed by atoms with E-state index in [1.807, 2.05) is 0 Å². The van der Waals surface area contributed by atoms with Crippen LogP contribution in [0.15, 0.2) is 42.6 Å². The Morgan fingerprint density at radius 3 is 2.50 bits per heavy atom. The van der Waals surface area contributed by atoms with E-state index in [-0.39, 0.29) is 5.78 Å². The molecule has 114 valence electrons. The maximum absolute atomic E-state index is 11.8. The van der Waals surface area contributed by atoms with E-state index in [2.05, 4.69) is 5.32 Å². The van der Waals surface area contributed by atoms with Gasteiger partial charge in [-0.15, -0.1) is 0 Å². The lowest BCUT2D eigenvalue weighted by Gasteiger charge is -2.09. The molecule has 22 heavy (non-hydrogen) atoms. The predicted octanol–water partition coefficient (Wildman–Crippen LogP) is 2.02. The molecule has 1 aromatic heterocycles. The van der Waals surface area contributed by atoms with Gasteiger partial charge in [0.2, 0.25) is 0 Å². The Bertz CT molecular complexity index is 718. The number of nitrogens with zero attached hydrogens (tertiary/aromatic N) is 1. The van der Waals surface area contributed by atoms with Gasteiger partial charge in [0.15, 0.2) is 12.4 Å². The van der Waals surface area contributed by atoms with Crippen molar-refractivity contribution in [2.45, 2.75) is 6.92 Å². The first kappa shape index (κ1) is 15.5. The van der Waals surface area contributed by atoms with Crippen LogP contribution in [0, 0.1) is 0 Å². The van der Waals surface area contributed by atoms with Crippen LogP contribution in [-0.2, 0) is 16.6 Å². The third-order valence-corrected chi connectivity index (χ3v) is 3.07. The fourth-order valence-electron chi connectivity index (χ4n) is 1.96. The standard InChI is InChI=1S/C16H16N2O4/c1-11(19)12-6-3-4-7-13(12)17-15(20)10-22-16(21)14-8-5-9-18(14)2/h3-9H,10H2,1-2H3,(H,17,20). The number of ketones is 1. The Hall–Kier alpha value is -2.89. The number of benzene rings is 1. The smallest absolute Gasteiger partial charge is 0.355 e. The molecule has 0 aliphatic heterocycles. The number of carbonyl (C=O) groups is 3. The van der Waals surface area contributed by atoms with E-state index in [1.54, 1.807) is 54.2 Å². The minimum Gasteiger partial charge on any atom is -0.451 e. The zero-order valence-corrected chi connectivity index (χ0v) is 12.3. The molecule has 2 aromatic rings. The quantitative estimate of drug-likeness (QED) is 0.677. The summed E-state index contributed by atoms with van der Waals surface area (Å²) in [4.78, 5) is 35.1. The Morgan fingerprint density at radius 1 is 1.14 bits per heavy atom. The highest BCUT2D eigenvalue weighted by Crippen LogP contribution is 2.15. The number of para-hydroxylation sites is 1. The number of aryl methyl sites for hydroxylation is 1. The lowest BCUT2D eigenvalue weighted by molar-refractivity contribution is -0.119. The summed E-state index contributed by atoms with van der Waals surface area (Å²) in [5.74, 6) is -1.24. The zero-order chi connectivity index (χ0) is 16.1. The summed E-state index contributed by atoms with van der Waals surface area (Å²) in [5.41, 5.74) is 1.16. The largest absolute Gasteiger partial charge is 0.451 e. The van der Waals surface area contributed by atoms with Gasteiger partial charge in [0.1, 0.15) is 5.69 Å². The van der Waals surface area contributed by atoms with Gasteiger partial charge in [-0.3, -0.25) is 9.59 Å². The highest BCUT2D eigenvalue weighted by Gasteiger charge is 2.14. The number of hydrogen-bond donors (Lipinski definition) is 1. The Morgan fingerprint density at radius 2 is 1.86 bits per heavy atom. The first-order valence-electron chi connectivity index (χ1n) is 6.67. The number of aromatic nitrogens is 1. The third kappa shape index (κ3) is 3.60. The maximum atomic E-state index is 11.8. The van der Waals surface area contributed by atoms with Crippen LogP contribution in [0.4, 0.5) is 5.69 Å². The highest BCUT2D eigenvalue weighted by molar-refractivity contribution is 6.04. The van der Waals surface area contributed by atoms with Crippen molar-refractivity contribution in [3.8, 4) is 0 Å². The number of ether oxygens (including phenoxy) is 1. The van der Waals surface area contributed by atoms with Crippen LogP contribution in [0.3, 0.4) is 0 Å². The summed E-state index contributed by atoms with van der Waals surface area (Å²) >= 11 is 0. The molecule has 1 heterocycles. The van der Waals surface area contributed by atoms with Crippen molar-refractivity contribution in [1.29, 1.82) is 0 Å². The van der Waals surface area contributed by atoms with Crippen LogP contribution >= 0.6 is 0 Å². The lowest BCUT2D eigenvalue weighted by Crippen LogP contribution is -2.22. The number of nitrogens with one attached hydrogen (secondary N) is 1. The number of amides is 1. The van der Waals surface area contributed by atoms with Crippen molar-refractivity contribution in [2.24, 2.45) is 7.05 Å². The second-order valence-electron chi connectivity index (χ2n) is 4.73. The Labute approximate surface area is 127 Å². The molecule has 0 spiro atoms. The summed E-state index contributed by atoms with van der Waals surface area (Å²) in [6.45, 7) is 0.997. The summed E-state index contributed by atoms with van der Waals surface area (Å²) in [6, 6.07) is 9.96. The van der Waals surface area contributed by atoms with Crippen molar-refractivity contribution in [1.82, 2.24) is 4.57 Å². The number of carbonyl (C=O) groups excluding carboxylic acids is 3. The minimum absolute atomic E-state index is 0.156. The van der Waals surface area contributed by atoms with Gasteiger partial charge in [-0.25, -0.2) is 4.79 Å². The molecule has 0 aliphatic rings. The van der Waals surface area contributed by atoms with Crippen molar-refractivity contribution in [3.05, 3.63) is 53.9 Å². The van der Waals surface area contributed by atoms with Crippen molar-refractivity contribution in [2.75, 3.05) is 11.9 Å². The predicted molar refractivity (Wildman–Crippen MR) is 80.8 cm³/mol. The maximum Gasteiger partial charge on any atom is 0.355 e. The normalized spacial score (nSPS) is 10.1. The summed E-state index contributed by atoms with van der Waals surface area (Å²) in [7, 11) is 1.71. The van der Waals surface area contributed by atoms with Crippen molar-refractivity contribution >= 4 is 23.3 Å². The summed E-state index contributed by atoms with van der Waals surface area (Å²) in [6.07, 6.45) is 1.71. The van der Waals surface area contributed by atoms with Gasteiger partial charge in [0.05, 0.1) is 5.69 Å². The number of rotatable bonds is 5. The van der Waals surface area contributed by atoms with E-state index in [9.17, 15) is 14.4 Å². The molecule has 1 N–H and O–H groups in total. The molecule has 1 aromatic carbocycles. The molecule has 6 nitrogen and oxygen atoms in total. The topological polar surface area (TPSA) is 77.4 Å². The average molecular weight is 300 g/mol. The first-order valence-corrected chi connectivity index (χ1v) is 6.67. The highest BCUT2D eigenvalue weighted by atomic mass is 16.5. The van der Waals surface area contributed by atoms with E-state index in [0.717, 1.165) is 0 Å². The molecule has 0 unspecified atom stereocenters. The molecule has 6 heteroatoms. The second-order valence-corrected chi connectivity index (χ2v) is 4.73. The van der Waals surface area contributed by atoms with Crippen LogP contribution in [0.5, 0.6) is 0 Å². The van der Waals surface area contributed by atoms with Gasteiger partial charge in [0, 0.05) is 18.8 Å². The molecule has 1 amide bonds. The molecule has 0 atom stereocenters. The SMILES string of the molecule is CC(=O)c1ccccc1NC(=O)COC(=O)c1cccn1C. The van der Waals surface area contributed by atoms with Gasteiger partial charge >= 0.3 is 5.97 Å². The number of anilines is 1. The lowest BCUT2D eigenvalue weighted by atomic mass is 10.1. The van der Waals surface area contributed by atoms with Gasteiger partial charge in [-0.1, -0.05) is 12.1 Å². The molecule has 0 aliphatic carbocycles. The number of Topliss-reactive ketones (excluding diaryl/α,β-unsaturated/α-hetero) is 1. The van der Waals surface area contributed by atoms with E-state index >= 15 is 0 Å². The van der Waals surface area contributed by atoms with Crippen LogP contribution < -0.4 is 5.32 Å². The molecule has 0 saturated heterocycles. The summed E-state index contributed by atoms with van der Waals surface area (Å²) < 4.78 is 6.55. The van der Waals surface area contributed by atoms with Gasteiger partial charge in [-0.05, 0) is 31.2 Å². The van der Waals surface area contributed by atoms with E-state index in [4.69, 9.17) is 4.74 Å².